The zero-order valence-corrected chi connectivity index (χ0v) is 10.6. The van der Waals surface area contributed by atoms with Crippen LogP contribution in [0, 0.1) is 5.92 Å². The Balaban J connectivity index is 1.91. The van der Waals surface area contributed by atoms with E-state index < -0.39 is 0 Å². The molecule has 5 heteroatoms. The average molecular weight is 235 g/mol. The second kappa shape index (κ2) is 5.31. The first-order valence-electron chi connectivity index (χ1n) is 6.21. The SMILES string of the molecule is CC(C)CN1CCN(c2nccc(N)n2)CC1. The molecule has 0 radical (unpaired) electrons. The van der Waals surface area contributed by atoms with E-state index in [0.717, 1.165) is 38.0 Å². The monoisotopic (exact) mass is 235 g/mol. The predicted octanol–water partition coefficient (Wildman–Crippen LogP) is 0.837. The van der Waals surface area contributed by atoms with Crippen molar-refractivity contribution in [1.29, 1.82) is 0 Å². The fraction of sp³-hybridized carbons (Fsp3) is 0.667. The molecule has 94 valence electrons. The van der Waals surface area contributed by atoms with Crippen LogP contribution < -0.4 is 10.6 Å². The summed E-state index contributed by atoms with van der Waals surface area (Å²) in [7, 11) is 0. The molecule has 5 nitrogen and oxygen atoms in total. The Bertz CT molecular complexity index is 358. The number of hydrogen-bond donors (Lipinski definition) is 1. The van der Waals surface area contributed by atoms with Gasteiger partial charge in [0.15, 0.2) is 0 Å². The summed E-state index contributed by atoms with van der Waals surface area (Å²) < 4.78 is 0. The first-order chi connectivity index (χ1) is 8.15. The number of nitrogens with two attached hydrogens (primary N) is 1. The van der Waals surface area contributed by atoms with Gasteiger partial charge < -0.3 is 10.6 Å². The third-order valence-corrected chi connectivity index (χ3v) is 2.94. The van der Waals surface area contributed by atoms with Gasteiger partial charge in [0.1, 0.15) is 5.82 Å². The van der Waals surface area contributed by atoms with Gasteiger partial charge in [0, 0.05) is 38.9 Å². The Morgan fingerprint density at radius 3 is 2.59 bits per heavy atom. The fourth-order valence-electron chi connectivity index (χ4n) is 2.16. The van der Waals surface area contributed by atoms with E-state index in [1.807, 2.05) is 0 Å². The molecule has 1 aliphatic rings. The van der Waals surface area contributed by atoms with Crippen molar-refractivity contribution in [3.05, 3.63) is 12.3 Å². The van der Waals surface area contributed by atoms with Crippen LogP contribution in [0.2, 0.25) is 0 Å². The third-order valence-electron chi connectivity index (χ3n) is 2.94. The Hall–Kier alpha value is -1.36. The summed E-state index contributed by atoms with van der Waals surface area (Å²) in [5.41, 5.74) is 5.67. The van der Waals surface area contributed by atoms with E-state index in [9.17, 15) is 0 Å². The normalized spacial score (nSPS) is 17.7. The number of nitrogens with zero attached hydrogens (tertiary/aromatic N) is 4. The van der Waals surface area contributed by atoms with Gasteiger partial charge >= 0.3 is 0 Å². The van der Waals surface area contributed by atoms with Gasteiger partial charge in [-0.25, -0.2) is 4.98 Å². The number of rotatable bonds is 3. The van der Waals surface area contributed by atoms with Crippen molar-refractivity contribution in [1.82, 2.24) is 14.9 Å². The number of piperazine rings is 1. The lowest BCUT2D eigenvalue weighted by atomic mass is 10.2. The molecule has 0 aromatic carbocycles. The van der Waals surface area contributed by atoms with Gasteiger partial charge in [-0.15, -0.1) is 0 Å². The zero-order valence-electron chi connectivity index (χ0n) is 10.6. The van der Waals surface area contributed by atoms with Crippen LogP contribution in [0.25, 0.3) is 0 Å². The third kappa shape index (κ3) is 3.30. The summed E-state index contributed by atoms with van der Waals surface area (Å²) in [5.74, 6) is 2.03. The van der Waals surface area contributed by atoms with E-state index in [0.29, 0.717) is 5.82 Å². The van der Waals surface area contributed by atoms with Gasteiger partial charge in [-0.2, -0.15) is 4.98 Å². The maximum Gasteiger partial charge on any atom is 0.227 e. The second-order valence-electron chi connectivity index (χ2n) is 4.96. The predicted molar refractivity (Wildman–Crippen MR) is 69.9 cm³/mol. The zero-order chi connectivity index (χ0) is 12.3. The van der Waals surface area contributed by atoms with Crippen LogP contribution in [-0.4, -0.2) is 47.6 Å². The summed E-state index contributed by atoms with van der Waals surface area (Å²) in [6, 6.07) is 1.72. The first kappa shape index (κ1) is 12.1. The lowest BCUT2D eigenvalue weighted by molar-refractivity contribution is 0.230. The molecule has 0 bridgehead atoms. The minimum atomic E-state index is 0.541. The maximum absolute atomic E-state index is 5.67. The van der Waals surface area contributed by atoms with Crippen molar-refractivity contribution >= 4 is 11.8 Å². The highest BCUT2D eigenvalue weighted by Crippen LogP contribution is 2.12. The number of anilines is 2. The highest BCUT2D eigenvalue weighted by atomic mass is 15.3. The van der Waals surface area contributed by atoms with E-state index in [1.54, 1.807) is 12.3 Å². The maximum atomic E-state index is 5.67. The minimum Gasteiger partial charge on any atom is -0.384 e. The molecular formula is C12H21N5. The number of aromatic nitrogens is 2. The summed E-state index contributed by atoms with van der Waals surface area (Å²) in [6.07, 6.45) is 1.72. The van der Waals surface area contributed by atoms with E-state index >= 15 is 0 Å². The van der Waals surface area contributed by atoms with Crippen molar-refractivity contribution in [3.8, 4) is 0 Å². The smallest absolute Gasteiger partial charge is 0.227 e. The summed E-state index contributed by atoms with van der Waals surface area (Å²) >= 11 is 0. The van der Waals surface area contributed by atoms with Crippen LogP contribution in [0.1, 0.15) is 13.8 Å². The van der Waals surface area contributed by atoms with Gasteiger partial charge in [-0.1, -0.05) is 13.8 Å². The molecule has 1 aromatic heterocycles. The van der Waals surface area contributed by atoms with E-state index in [2.05, 4.69) is 33.6 Å². The highest BCUT2D eigenvalue weighted by molar-refractivity contribution is 5.38. The second-order valence-corrected chi connectivity index (χ2v) is 4.96. The quantitative estimate of drug-likeness (QED) is 0.841. The first-order valence-corrected chi connectivity index (χ1v) is 6.21. The van der Waals surface area contributed by atoms with Gasteiger partial charge in [-0.05, 0) is 12.0 Å². The fourth-order valence-corrected chi connectivity index (χ4v) is 2.16. The van der Waals surface area contributed by atoms with Gasteiger partial charge in [0.25, 0.3) is 0 Å². The standard InChI is InChI=1S/C12H21N5/c1-10(2)9-16-5-7-17(8-6-16)12-14-4-3-11(13)15-12/h3-4,10H,5-9H2,1-2H3,(H2,13,14,15). The minimum absolute atomic E-state index is 0.541. The Morgan fingerprint density at radius 2 is 2.00 bits per heavy atom. The van der Waals surface area contributed by atoms with Crippen LogP contribution in [0.5, 0.6) is 0 Å². The highest BCUT2D eigenvalue weighted by Gasteiger charge is 2.19. The Kier molecular flexibility index (Phi) is 3.78. The van der Waals surface area contributed by atoms with Crippen molar-refractivity contribution in [2.45, 2.75) is 13.8 Å². The summed E-state index contributed by atoms with van der Waals surface area (Å²) in [5, 5.41) is 0. The average Bonchev–Trinajstić information content (AvgIpc) is 2.29. The van der Waals surface area contributed by atoms with Gasteiger partial charge in [-0.3, -0.25) is 4.90 Å². The van der Waals surface area contributed by atoms with E-state index in [1.165, 1.54) is 6.54 Å². The van der Waals surface area contributed by atoms with E-state index in [4.69, 9.17) is 5.73 Å². The van der Waals surface area contributed by atoms with Gasteiger partial charge in [0.05, 0.1) is 0 Å². The molecule has 2 rings (SSSR count). The topological polar surface area (TPSA) is 58.3 Å². The van der Waals surface area contributed by atoms with Crippen LogP contribution >= 0.6 is 0 Å². The molecule has 2 N–H and O–H groups in total. The molecule has 1 aromatic rings. The molecule has 0 saturated carbocycles. The Morgan fingerprint density at radius 1 is 1.29 bits per heavy atom. The van der Waals surface area contributed by atoms with Crippen molar-refractivity contribution in [2.75, 3.05) is 43.4 Å². The largest absolute Gasteiger partial charge is 0.384 e. The molecule has 17 heavy (non-hydrogen) atoms. The van der Waals surface area contributed by atoms with Crippen molar-refractivity contribution in [3.63, 3.8) is 0 Å². The summed E-state index contributed by atoms with van der Waals surface area (Å²) in [6.45, 7) is 9.81. The lowest BCUT2D eigenvalue weighted by Gasteiger charge is -2.35. The van der Waals surface area contributed by atoms with Crippen LogP contribution in [0.15, 0.2) is 12.3 Å². The molecule has 1 fully saturated rings. The number of hydrogen-bond acceptors (Lipinski definition) is 5. The molecule has 0 atom stereocenters. The lowest BCUT2D eigenvalue weighted by Crippen LogP contribution is -2.48. The van der Waals surface area contributed by atoms with Gasteiger partial charge in [0.2, 0.25) is 5.95 Å². The molecule has 1 aliphatic heterocycles. The molecule has 1 saturated heterocycles. The Labute approximate surface area is 103 Å². The van der Waals surface area contributed by atoms with Crippen LogP contribution in [-0.2, 0) is 0 Å². The van der Waals surface area contributed by atoms with Crippen molar-refractivity contribution in [2.24, 2.45) is 5.92 Å². The summed E-state index contributed by atoms with van der Waals surface area (Å²) in [4.78, 5) is 13.2. The van der Waals surface area contributed by atoms with Crippen LogP contribution in [0.4, 0.5) is 11.8 Å². The van der Waals surface area contributed by atoms with Crippen molar-refractivity contribution < 1.29 is 0 Å². The number of nitrogen functional groups attached to an aromatic ring is 1. The van der Waals surface area contributed by atoms with Crippen LogP contribution in [0.3, 0.4) is 0 Å². The molecule has 0 spiro atoms. The molecule has 0 unspecified atom stereocenters. The molecular weight excluding hydrogens is 214 g/mol. The molecule has 2 heterocycles. The molecule has 0 aliphatic carbocycles. The van der Waals surface area contributed by atoms with E-state index in [-0.39, 0.29) is 0 Å². The molecule has 0 amide bonds.